The number of fused-ring (bicyclic) bond motifs is 1. The number of aliphatic imine (C=N–C) groups is 1. The standard InChI is InChI=1S/C24H31N5O3/c1-17-21(18(2)29(3)28-17)10-12-26-24(25-11-9-20-6-4-13-30-20)27-19-7-8-22-23(16-19)32-15-5-14-31-22/h4,6-8,13,16H,5,9-12,14-15H2,1-3H3,(H2,25,26,27). The van der Waals surface area contributed by atoms with Crippen molar-refractivity contribution in [3.63, 3.8) is 0 Å². The Morgan fingerprint density at radius 2 is 1.97 bits per heavy atom. The number of anilines is 1. The lowest BCUT2D eigenvalue weighted by Crippen LogP contribution is -2.33. The minimum atomic E-state index is 0.609. The molecule has 0 radical (unpaired) electrons. The molecule has 0 aliphatic carbocycles. The molecule has 1 aliphatic heterocycles. The fourth-order valence-electron chi connectivity index (χ4n) is 3.74. The first-order valence-corrected chi connectivity index (χ1v) is 11.1. The van der Waals surface area contributed by atoms with Gasteiger partial charge in [-0.05, 0) is 50.1 Å². The summed E-state index contributed by atoms with van der Waals surface area (Å²) in [4.78, 5) is 4.75. The summed E-state index contributed by atoms with van der Waals surface area (Å²) < 4.78 is 18.9. The Labute approximate surface area is 188 Å². The van der Waals surface area contributed by atoms with Crippen molar-refractivity contribution < 1.29 is 13.9 Å². The maximum Gasteiger partial charge on any atom is 0.195 e. The molecule has 8 nitrogen and oxygen atoms in total. The van der Waals surface area contributed by atoms with E-state index in [4.69, 9.17) is 18.9 Å². The predicted molar refractivity (Wildman–Crippen MR) is 125 cm³/mol. The zero-order valence-corrected chi connectivity index (χ0v) is 19.0. The second-order valence-electron chi connectivity index (χ2n) is 7.85. The lowest BCUT2D eigenvalue weighted by Gasteiger charge is -2.15. The Morgan fingerprint density at radius 3 is 2.72 bits per heavy atom. The molecule has 8 heteroatoms. The second-order valence-corrected chi connectivity index (χ2v) is 7.85. The van der Waals surface area contributed by atoms with Crippen LogP contribution in [0.1, 0.15) is 29.1 Å². The number of benzene rings is 1. The summed E-state index contributed by atoms with van der Waals surface area (Å²) in [5.41, 5.74) is 4.42. The molecule has 1 aliphatic rings. The van der Waals surface area contributed by atoms with Crippen molar-refractivity contribution in [1.29, 1.82) is 0 Å². The smallest absolute Gasteiger partial charge is 0.195 e. The van der Waals surface area contributed by atoms with E-state index < -0.39 is 0 Å². The van der Waals surface area contributed by atoms with Crippen molar-refractivity contribution in [2.75, 3.05) is 31.6 Å². The molecule has 4 rings (SSSR count). The highest BCUT2D eigenvalue weighted by atomic mass is 16.5. The van der Waals surface area contributed by atoms with Gasteiger partial charge in [-0.15, -0.1) is 0 Å². The van der Waals surface area contributed by atoms with E-state index in [-0.39, 0.29) is 0 Å². The van der Waals surface area contributed by atoms with Crippen LogP contribution in [0.5, 0.6) is 11.5 Å². The van der Waals surface area contributed by atoms with Crippen LogP contribution < -0.4 is 20.1 Å². The first-order valence-electron chi connectivity index (χ1n) is 11.1. The SMILES string of the molecule is Cc1nn(C)c(C)c1CCNC(=NCCc1ccco1)Nc1ccc2c(c1)OCCCO2. The molecule has 170 valence electrons. The van der Waals surface area contributed by atoms with Crippen LogP contribution in [-0.4, -0.2) is 42.0 Å². The Kier molecular flexibility index (Phi) is 6.99. The number of hydrogen-bond acceptors (Lipinski definition) is 5. The van der Waals surface area contributed by atoms with E-state index in [1.54, 1.807) is 6.26 Å². The van der Waals surface area contributed by atoms with Gasteiger partial charge in [0, 0.05) is 50.4 Å². The average molecular weight is 438 g/mol. The van der Waals surface area contributed by atoms with Gasteiger partial charge >= 0.3 is 0 Å². The largest absolute Gasteiger partial charge is 0.490 e. The first kappa shape index (κ1) is 21.8. The molecule has 2 aromatic heterocycles. The summed E-state index contributed by atoms with van der Waals surface area (Å²) in [5.74, 6) is 3.17. The van der Waals surface area contributed by atoms with Gasteiger partial charge in [0.25, 0.3) is 0 Å². The Balaban J connectivity index is 1.43. The molecule has 3 aromatic rings. The second kappa shape index (κ2) is 10.3. The maximum atomic E-state index is 5.82. The number of nitrogens with zero attached hydrogens (tertiary/aromatic N) is 3. The number of furan rings is 1. The minimum absolute atomic E-state index is 0.609. The highest BCUT2D eigenvalue weighted by Gasteiger charge is 2.12. The lowest BCUT2D eigenvalue weighted by molar-refractivity contribution is 0.297. The van der Waals surface area contributed by atoms with Crippen molar-refractivity contribution in [3.8, 4) is 11.5 Å². The molecule has 0 saturated carbocycles. The molecule has 0 bridgehead atoms. The highest BCUT2D eigenvalue weighted by Crippen LogP contribution is 2.32. The number of guanidine groups is 1. The molecular formula is C24H31N5O3. The molecule has 3 heterocycles. The van der Waals surface area contributed by atoms with Gasteiger partial charge in [0.05, 0.1) is 25.2 Å². The molecule has 32 heavy (non-hydrogen) atoms. The van der Waals surface area contributed by atoms with Gasteiger partial charge in [0.1, 0.15) is 5.76 Å². The number of hydrogen-bond donors (Lipinski definition) is 2. The van der Waals surface area contributed by atoms with E-state index in [1.165, 1.54) is 11.3 Å². The lowest BCUT2D eigenvalue weighted by atomic mass is 10.1. The van der Waals surface area contributed by atoms with E-state index in [0.29, 0.717) is 25.7 Å². The predicted octanol–water partition coefficient (Wildman–Crippen LogP) is 3.63. The molecule has 0 fully saturated rings. The average Bonchev–Trinajstić information content (AvgIpc) is 3.29. The van der Waals surface area contributed by atoms with Gasteiger partial charge in [0.2, 0.25) is 0 Å². The Morgan fingerprint density at radius 1 is 1.12 bits per heavy atom. The van der Waals surface area contributed by atoms with Crippen molar-refractivity contribution >= 4 is 11.6 Å². The van der Waals surface area contributed by atoms with Crippen molar-refractivity contribution in [1.82, 2.24) is 15.1 Å². The molecule has 0 amide bonds. The van der Waals surface area contributed by atoms with E-state index in [0.717, 1.165) is 54.4 Å². The summed E-state index contributed by atoms with van der Waals surface area (Å²) in [6.45, 7) is 6.83. The number of ether oxygens (including phenoxy) is 2. The highest BCUT2D eigenvalue weighted by molar-refractivity contribution is 5.94. The summed E-state index contributed by atoms with van der Waals surface area (Å²) in [5, 5.41) is 11.4. The molecule has 1 aromatic carbocycles. The van der Waals surface area contributed by atoms with Crippen molar-refractivity contribution in [2.24, 2.45) is 12.0 Å². The molecule has 0 unspecified atom stereocenters. The van der Waals surface area contributed by atoms with Gasteiger partial charge in [-0.1, -0.05) is 0 Å². The van der Waals surface area contributed by atoms with Crippen LogP contribution in [0.15, 0.2) is 46.0 Å². The minimum Gasteiger partial charge on any atom is -0.490 e. The third-order valence-corrected chi connectivity index (χ3v) is 5.54. The third-order valence-electron chi connectivity index (χ3n) is 5.54. The van der Waals surface area contributed by atoms with Gasteiger partial charge in [-0.2, -0.15) is 5.10 Å². The van der Waals surface area contributed by atoms with Crippen LogP contribution in [0.25, 0.3) is 0 Å². The van der Waals surface area contributed by atoms with Crippen molar-refractivity contribution in [3.05, 3.63) is 59.3 Å². The van der Waals surface area contributed by atoms with E-state index >= 15 is 0 Å². The number of rotatable bonds is 7. The molecule has 0 spiro atoms. The number of aryl methyl sites for hydroxylation is 2. The molecule has 2 N–H and O–H groups in total. The number of aromatic nitrogens is 2. The zero-order valence-electron chi connectivity index (χ0n) is 19.0. The normalized spacial score (nSPS) is 13.7. The topological polar surface area (TPSA) is 85.8 Å². The van der Waals surface area contributed by atoms with Gasteiger partial charge in [-0.25, -0.2) is 0 Å². The van der Waals surface area contributed by atoms with Crippen LogP contribution in [0.2, 0.25) is 0 Å². The van der Waals surface area contributed by atoms with E-state index in [2.05, 4.69) is 29.6 Å². The van der Waals surface area contributed by atoms with Crippen LogP contribution in [-0.2, 0) is 19.9 Å². The zero-order chi connectivity index (χ0) is 22.3. The fourth-order valence-corrected chi connectivity index (χ4v) is 3.74. The fraction of sp³-hybridized carbons (Fsp3) is 0.417. The molecular weight excluding hydrogens is 406 g/mol. The summed E-state index contributed by atoms with van der Waals surface area (Å²) in [6, 6.07) is 9.73. The van der Waals surface area contributed by atoms with Gasteiger partial charge < -0.3 is 24.5 Å². The summed E-state index contributed by atoms with van der Waals surface area (Å²) in [6.07, 6.45) is 4.17. The third kappa shape index (κ3) is 5.43. The summed E-state index contributed by atoms with van der Waals surface area (Å²) >= 11 is 0. The maximum absolute atomic E-state index is 5.82. The summed E-state index contributed by atoms with van der Waals surface area (Å²) in [7, 11) is 1.98. The Bertz CT molecular complexity index is 1060. The molecule has 0 saturated heterocycles. The van der Waals surface area contributed by atoms with E-state index in [9.17, 15) is 0 Å². The first-order chi connectivity index (χ1) is 15.6. The van der Waals surface area contributed by atoms with Gasteiger partial charge in [-0.3, -0.25) is 9.67 Å². The monoisotopic (exact) mass is 437 g/mol. The van der Waals surface area contributed by atoms with E-state index in [1.807, 2.05) is 42.1 Å². The van der Waals surface area contributed by atoms with Crippen LogP contribution in [0, 0.1) is 13.8 Å². The quantitative estimate of drug-likeness (QED) is 0.434. The number of nitrogens with one attached hydrogen (secondary N) is 2. The molecule has 0 atom stereocenters. The van der Waals surface area contributed by atoms with Gasteiger partial charge in [0.15, 0.2) is 17.5 Å². The van der Waals surface area contributed by atoms with Crippen LogP contribution in [0.3, 0.4) is 0 Å². The Hall–Kier alpha value is -3.42. The van der Waals surface area contributed by atoms with Crippen molar-refractivity contribution in [2.45, 2.75) is 33.1 Å². The van der Waals surface area contributed by atoms with Crippen LogP contribution in [0.4, 0.5) is 5.69 Å². The van der Waals surface area contributed by atoms with Crippen LogP contribution >= 0.6 is 0 Å².